The number of benzene rings is 1. The van der Waals surface area contributed by atoms with E-state index in [1.165, 1.54) is 6.92 Å². The molecule has 1 aliphatic rings. The molecule has 0 aromatic heterocycles. The Kier molecular flexibility index (Phi) is 3.60. The summed E-state index contributed by atoms with van der Waals surface area (Å²) < 4.78 is 5.81. The van der Waals surface area contributed by atoms with Crippen molar-refractivity contribution in [3.63, 3.8) is 0 Å². The summed E-state index contributed by atoms with van der Waals surface area (Å²) >= 11 is 0. The van der Waals surface area contributed by atoms with Crippen LogP contribution in [0.15, 0.2) is 24.3 Å². The van der Waals surface area contributed by atoms with Crippen LogP contribution in [-0.2, 0) is 4.79 Å². The summed E-state index contributed by atoms with van der Waals surface area (Å²) in [6, 6.07) is 6.99. The molecule has 0 bridgehead atoms. The van der Waals surface area contributed by atoms with Gasteiger partial charge in [0, 0.05) is 5.56 Å². The van der Waals surface area contributed by atoms with Crippen molar-refractivity contribution in [1.82, 2.24) is 5.32 Å². The summed E-state index contributed by atoms with van der Waals surface area (Å²) in [6.45, 7) is 5.52. The average molecular weight is 261 g/mol. The lowest BCUT2D eigenvalue weighted by molar-refractivity contribution is -0.161. The molecule has 0 radical (unpaired) electrons. The van der Waals surface area contributed by atoms with E-state index in [2.05, 4.69) is 5.32 Å². The van der Waals surface area contributed by atoms with Crippen molar-refractivity contribution in [1.29, 1.82) is 0 Å². The number of hydrogen-bond acceptors (Lipinski definition) is 3. The average Bonchev–Trinajstić information content (AvgIpc) is 2.40. The number of Topliss-reactive ketones (excluding diaryl/α,β-unsaturated/α-hetero) is 1. The Morgan fingerprint density at radius 2 is 1.84 bits per heavy atom. The first-order valence-electron chi connectivity index (χ1n) is 6.62. The molecule has 0 saturated carbocycles. The SMILES string of the molecule is CCC1(CC)C(=O)N[C@H]1Oc1ccc(C(C)=O)cc1. The lowest BCUT2D eigenvalue weighted by Crippen LogP contribution is -2.69. The molecule has 1 aromatic rings. The Labute approximate surface area is 113 Å². The van der Waals surface area contributed by atoms with Crippen molar-refractivity contribution in [2.75, 3.05) is 0 Å². The predicted molar refractivity (Wildman–Crippen MR) is 72.0 cm³/mol. The van der Waals surface area contributed by atoms with Gasteiger partial charge in [0.2, 0.25) is 5.91 Å². The molecule has 102 valence electrons. The molecule has 19 heavy (non-hydrogen) atoms. The molecule has 1 atom stereocenters. The van der Waals surface area contributed by atoms with Crippen LogP contribution in [0.4, 0.5) is 0 Å². The number of β-lactam (4-membered cyclic amide) rings is 1. The highest BCUT2D eigenvalue weighted by atomic mass is 16.5. The molecule has 1 heterocycles. The van der Waals surface area contributed by atoms with E-state index in [0.29, 0.717) is 11.3 Å². The van der Waals surface area contributed by atoms with Crippen molar-refractivity contribution in [3.8, 4) is 5.75 Å². The number of ether oxygens (including phenoxy) is 1. The molecule has 1 N–H and O–H groups in total. The van der Waals surface area contributed by atoms with E-state index in [1.807, 2.05) is 13.8 Å². The Bertz CT molecular complexity index is 489. The fourth-order valence-corrected chi connectivity index (χ4v) is 2.43. The van der Waals surface area contributed by atoms with Gasteiger partial charge in [-0.25, -0.2) is 0 Å². The quantitative estimate of drug-likeness (QED) is 0.654. The van der Waals surface area contributed by atoms with Crippen molar-refractivity contribution < 1.29 is 14.3 Å². The highest BCUT2D eigenvalue weighted by Crippen LogP contribution is 2.39. The summed E-state index contributed by atoms with van der Waals surface area (Å²) in [4.78, 5) is 22.9. The molecule has 0 spiro atoms. The topological polar surface area (TPSA) is 55.4 Å². The van der Waals surface area contributed by atoms with E-state index in [-0.39, 0.29) is 17.9 Å². The molecule has 1 saturated heterocycles. The van der Waals surface area contributed by atoms with Gasteiger partial charge in [-0.2, -0.15) is 0 Å². The third-order valence-electron chi connectivity index (χ3n) is 3.99. The molecule has 1 aliphatic heterocycles. The van der Waals surface area contributed by atoms with Crippen LogP contribution in [0, 0.1) is 5.41 Å². The van der Waals surface area contributed by atoms with Gasteiger partial charge in [-0.15, -0.1) is 0 Å². The van der Waals surface area contributed by atoms with Gasteiger partial charge in [-0.1, -0.05) is 13.8 Å². The number of rotatable bonds is 5. The molecular weight excluding hydrogens is 242 g/mol. The Hall–Kier alpha value is -1.84. The Balaban J connectivity index is 2.10. The molecule has 1 amide bonds. The predicted octanol–water partition coefficient (Wildman–Crippen LogP) is 2.53. The van der Waals surface area contributed by atoms with Crippen LogP contribution in [-0.4, -0.2) is 17.9 Å². The van der Waals surface area contributed by atoms with Gasteiger partial charge in [-0.3, -0.25) is 9.59 Å². The van der Waals surface area contributed by atoms with Gasteiger partial charge < -0.3 is 10.1 Å². The lowest BCUT2D eigenvalue weighted by Gasteiger charge is -2.47. The van der Waals surface area contributed by atoms with Crippen LogP contribution >= 0.6 is 0 Å². The summed E-state index contributed by atoms with van der Waals surface area (Å²) in [5, 5.41) is 2.79. The molecular formula is C15H19NO3. The van der Waals surface area contributed by atoms with Crippen LogP contribution in [0.5, 0.6) is 5.75 Å². The zero-order valence-electron chi connectivity index (χ0n) is 11.5. The Morgan fingerprint density at radius 1 is 1.26 bits per heavy atom. The summed E-state index contributed by atoms with van der Waals surface area (Å²) in [7, 11) is 0. The van der Waals surface area contributed by atoms with Gasteiger partial charge in [0.1, 0.15) is 11.2 Å². The van der Waals surface area contributed by atoms with E-state index in [4.69, 9.17) is 4.74 Å². The van der Waals surface area contributed by atoms with Crippen LogP contribution in [0.25, 0.3) is 0 Å². The van der Waals surface area contributed by atoms with E-state index in [0.717, 1.165) is 12.8 Å². The molecule has 0 aliphatic carbocycles. The molecule has 0 unspecified atom stereocenters. The third kappa shape index (κ3) is 2.23. The monoisotopic (exact) mass is 261 g/mol. The maximum Gasteiger partial charge on any atom is 0.234 e. The van der Waals surface area contributed by atoms with Crippen LogP contribution < -0.4 is 10.1 Å². The second kappa shape index (κ2) is 5.03. The van der Waals surface area contributed by atoms with Crippen molar-refractivity contribution in [2.24, 2.45) is 5.41 Å². The molecule has 4 heteroatoms. The first-order valence-corrected chi connectivity index (χ1v) is 6.62. The van der Waals surface area contributed by atoms with Crippen molar-refractivity contribution in [3.05, 3.63) is 29.8 Å². The standard InChI is InChI=1S/C15H19NO3/c1-4-15(5-2)13(18)16-14(15)19-12-8-6-11(7-9-12)10(3)17/h6-9,14H,4-5H2,1-3H3,(H,16,18)/t14-/m0/s1. The molecule has 1 fully saturated rings. The highest BCUT2D eigenvalue weighted by Gasteiger charge is 2.54. The van der Waals surface area contributed by atoms with E-state index >= 15 is 0 Å². The minimum absolute atomic E-state index is 0.0277. The fourth-order valence-electron chi connectivity index (χ4n) is 2.43. The number of carbonyl (C=O) groups excluding carboxylic acids is 2. The first kappa shape index (κ1) is 13.6. The van der Waals surface area contributed by atoms with Gasteiger partial charge in [0.25, 0.3) is 0 Å². The van der Waals surface area contributed by atoms with Crippen LogP contribution in [0.1, 0.15) is 44.0 Å². The summed E-state index contributed by atoms with van der Waals surface area (Å²) in [6.07, 6.45) is 1.23. The molecule has 4 nitrogen and oxygen atoms in total. The van der Waals surface area contributed by atoms with E-state index < -0.39 is 5.41 Å². The zero-order chi connectivity index (χ0) is 14.0. The van der Waals surface area contributed by atoms with E-state index in [9.17, 15) is 9.59 Å². The number of amides is 1. The lowest BCUT2D eigenvalue weighted by atomic mass is 9.73. The van der Waals surface area contributed by atoms with Gasteiger partial charge >= 0.3 is 0 Å². The fraction of sp³-hybridized carbons (Fsp3) is 0.467. The highest BCUT2D eigenvalue weighted by molar-refractivity contribution is 5.94. The van der Waals surface area contributed by atoms with Gasteiger partial charge in [0.15, 0.2) is 12.0 Å². The number of nitrogens with one attached hydrogen (secondary N) is 1. The third-order valence-corrected chi connectivity index (χ3v) is 3.99. The summed E-state index contributed by atoms with van der Waals surface area (Å²) in [5.41, 5.74) is 0.237. The maximum atomic E-state index is 11.7. The van der Waals surface area contributed by atoms with Gasteiger partial charge in [0.05, 0.1) is 0 Å². The minimum Gasteiger partial charge on any atom is -0.470 e. The van der Waals surface area contributed by atoms with E-state index in [1.54, 1.807) is 24.3 Å². The minimum atomic E-state index is -0.417. The number of carbonyl (C=O) groups is 2. The number of ketones is 1. The Morgan fingerprint density at radius 3 is 2.26 bits per heavy atom. The van der Waals surface area contributed by atoms with Crippen LogP contribution in [0.3, 0.4) is 0 Å². The van der Waals surface area contributed by atoms with Crippen molar-refractivity contribution in [2.45, 2.75) is 39.8 Å². The maximum absolute atomic E-state index is 11.7. The molecule has 1 aromatic carbocycles. The van der Waals surface area contributed by atoms with Crippen LogP contribution in [0.2, 0.25) is 0 Å². The molecule has 2 rings (SSSR count). The normalized spacial score (nSPS) is 20.4. The largest absolute Gasteiger partial charge is 0.470 e. The second-order valence-corrected chi connectivity index (χ2v) is 4.92. The smallest absolute Gasteiger partial charge is 0.234 e. The first-order chi connectivity index (χ1) is 9.03. The summed E-state index contributed by atoms with van der Waals surface area (Å²) in [5.74, 6) is 0.754. The zero-order valence-corrected chi connectivity index (χ0v) is 11.5. The second-order valence-electron chi connectivity index (χ2n) is 4.92. The van der Waals surface area contributed by atoms with Crippen molar-refractivity contribution >= 4 is 11.7 Å². The number of hydrogen-bond donors (Lipinski definition) is 1. The van der Waals surface area contributed by atoms with Gasteiger partial charge in [-0.05, 0) is 44.0 Å².